The first-order chi connectivity index (χ1) is 13.0. The van der Waals surface area contributed by atoms with Gasteiger partial charge in [0.05, 0.1) is 24.4 Å². The third-order valence-corrected chi connectivity index (χ3v) is 3.84. The number of anilines is 2. The van der Waals surface area contributed by atoms with Crippen LogP contribution in [-0.2, 0) is 23.9 Å². The van der Waals surface area contributed by atoms with Gasteiger partial charge in [0.25, 0.3) is 5.91 Å². The Bertz CT molecular complexity index is 717. The molecule has 1 aromatic rings. The van der Waals surface area contributed by atoms with Crippen LogP contribution in [0.3, 0.4) is 0 Å². The summed E-state index contributed by atoms with van der Waals surface area (Å²) < 4.78 is 9.89. The van der Waals surface area contributed by atoms with Crippen molar-refractivity contribution in [3.8, 4) is 0 Å². The van der Waals surface area contributed by atoms with E-state index in [0.717, 1.165) is 0 Å². The maximum Gasteiger partial charge on any atom is 0.311 e. The second-order valence-corrected chi connectivity index (χ2v) is 5.91. The van der Waals surface area contributed by atoms with Crippen LogP contribution >= 0.6 is 0 Å². The average Bonchev–Trinajstić information content (AvgIpc) is 2.76. The van der Waals surface area contributed by atoms with Gasteiger partial charge < -0.3 is 20.1 Å². The maximum absolute atomic E-state index is 12.7. The van der Waals surface area contributed by atoms with Crippen molar-refractivity contribution in [1.29, 1.82) is 0 Å². The standard InChI is InChI=1S/C19H25N3O5/c1-3-27-19(25)12-14-11-18(24)22(13-17(23)20-9-6-10-26-2)16-8-5-4-7-15(16)21-14/h4-5,7-8,11,21H,3,6,9-10,12-13H2,1-2H3,(H,20,23). The lowest BCUT2D eigenvalue weighted by Gasteiger charge is -2.21. The topological polar surface area (TPSA) is 97.0 Å². The summed E-state index contributed by atoms with van der Waals surface area (Å²) >= 11 is 0. The third kappa shape index (κ3) is 6.10. The van der Waals surface area contributed by atoms with E-state index in [-0.39, 0.29) is 31.4 Å². The largest absolute Gasteiger partial charge is 0.466 e. The molecule has 0 fully saturated rings. The number of carbonyl (C=O) groups is 3. The Kier molecular flexibility index (Phi) is 7.81. The zero-order valence-corrected chi connectivity index (χ0v) is 15.6. The summed E-state index contributed by atoms with van der Waals surface area (Å²) in [5.74, 6) is -1.07. The van der Waals surface area contributed by atoms with Crippen LogP contribution in [0.5, 0.6) is 0 Å². The van der Waals surface area contributed by atoms with Gasteiger partial charge in [0.2, 0.25) is 5.91 Å². The summed E-state index contributed by atoms with van der Waals surface area (Å²) in [4.78, 5) is 38.1. The first kappa shape index (κ1) is 20.4. The SMILES string of the molecule is CCOC(=O)CC1=CC(=O)N(CC(=O)NCCCOC)c2ccccc2N1. The lowest BCUT2D eigenvalue weighted by Crippen LogP contribution is -2.40. The lowest BCUT2D eigenvalue weighted by atomic mass is 10.2. The van der Waals surface area contributed by atoms with Gasteiger partial charge in [-0.3, -0.25) is 19.3 Å². The molecule has 1 aromatic carbocycles. The highest BCUT2D eigenvalue weighted by molar-refractivity contribution is 6.09. The summed E-state index contributed by atoms with van der Waals surface area (Å²) in [7, 11) is 1.60. The van der Waals surface area contributed by atoms with Crippen molar-refractivity contribution in [2.24, 2.45) is 0 Å². The van der Waals surface area contributed by atoms with Crippen LogP contribution in [0, 0.1) is 0 Å². The highest BCUT2D eigenvalue weighted by Crippen LogP contribution is 2.30. The lowest BCUT2D eigenvalue weighted by molar-refractivity contribution is -0.142. The molecule has 0 saturated carbocycles. The van der Waals surface area contributed by atoms with Crippen LogP contribution in [0.4, 0.5) is 11.4 Å². The number of para-hydroxylation sites is 2. The van der Waals surface area contributed by atoms with Gasteiger partial charge in [-0.25, -0.2) is 0 Å². The Hall–Kier alpha value is -2.87. The van der Waals surface area contributed by atoms with Crippen LogP contribution in [0.25, 0.3) is 0 Å². The molecule has 8 nitrogen and oxygen atoms in total. The van der Waals surface area contributed by atoms with E-state index < -0.39 is 5.97 Å². The molecule has 0 unspecified atom stereocenters. The number of hydrogen-bond acceptors (Lipinski definition) is 6. The molecule has 2 amide bonds. The summed E-state index contributed by atoms with van der Waals surface area (Å²) in [6.07, 6.45) is 1.97. The Morgan fingerprint density at radius 3 is 2.78 bits per heavy atom. The fraction of sp³-hybridized carbons (Fsp3) is 0.421. The van der Waals surface area contributed by atoms with Crippen molar-refractivity contribution in [2.75, 3.05) is 43.6 Å². The van der Waals surface area contributed by atoms with E-state index in [4.69, 9.17) is 9.47 Å². The van der Waals surface area contributed by atoms with Crippen molar-refractivity contribution in [3.63, 3.8) is 0 Å². The van der Waals surface area contributed by atoms with E-state index >= 15 is 0 Å². The Balaban J connectivity index is 2.14. The Morgan fingerprint density at radius 1 is 1.26 bits per heavy atom. The number of amides is 2. The Labute approximate surface area is 158 Å². The van der Waals surface area contributed by atoms with Crippen molar-refractivity contribution < 1.29 is 23.9 Å². The molecule has 1 aliphatic heterocycles. The number of benzene rings is 1. The van der Waals surface area contributed by atoms with Gasteiger partial charge in [-0.05, 0) is 25.5 Å². The summed E-state index contributed by atoms with van der Waals surface area (Å²) in [5, 5.41) is 5.86. The first-order valence-corrected chi connectivity index (χ1v) is 8.84. The molecule has 0 aliphatic carbocycles. The van der Waals surface area contributed by atoms with Crippen LogP contribution in [0.2, 0.25) is 0 Å². The average molecular weight is 375 g/mol. The van der Waals surface area contributed by atoms with Gasteiger partial charge in [0.1, 0.15) is 6.54 Å². The minimum atomic E-state index is -0.425. The van der Waals surface area contributed by atoms with Crippen molar-refractivity contribution in [3.05, 3.63) is 36.0 Å². The van der Waals surface area contributed by atoms with Crippen molar-refractivity contribution >= 4 is 29.2 Å². The van der Waals surface area contributed by atoms with E-state index in [1.165, 1.54) is 11.0 Å². The number of hydrogen-bond donors (Lipinski definition) is 2. The molecule has 0 saturated heterocycles. The molecule has 0 radical (unpaired) electrons. The van der Waals surface area contributed by atoms with E-state index in [1.807, 2.05) is 6.07 Å². The van der Waals surface area contributed by atoms with Gasteiger partial charge >= 0.3 is 5.97 Å². The molecule has 0 spiro atoms. The van der Waals surface area contributed by atoms with Crippen LogP contribution in [0.1, 0.15) is 19.8 Å². The van der Waals surface area contributed by atoms with Crippen molar-refractivity contribution in [2.45, 2.75) is 19.8 Å². The predicted octanol–water partition coefficient (Wildman–Crippen LogP) is 1.43. The number of nitrogens with one attached hydrogen (secondary N) is 2. The molecule has 0 aromatic heterocycles. The fourth-order valence-corrected chi connectivity index (χ4v) is 2.64. The number of rotatable bonds is 9. The minimum absolute atomic E-state index is 0.0506. The maximum atomic E-state index is 12.7. The van der Waals surface area contributed by atoms with Crippen LogP contribution in [0.15, 0.2) is 36.0 Å². The Morgan fingerprint density at radius 2 is 2.04 bits per heavy atom. The van der Waals surface area contributed by atoms with Crippen molar-refractivity contribution in [1.82, 2.24) is 5.32 Å². The molecular formula is C19H25N3O5. The molecule has 0 bridgehead atoms. The number of fused-ring (bicyclic) bond motifs is 1. The number of carbonyl (C=O) groups excluding carboxylic acids is 3. The minimum Gasteiger partial charge on any atom is -0.466 e. The molecular weight excluding hydrogens is 350 g/mol. The van der Waals surface area contributed by atoms with Gasteiger partial charge in [-0.2, -0.15) is 0 Å². The van der Waals surface area contributed by atoms with Gasteiger partial charge in [0, 0.05) is 32.0 Å². The number of ether oxygens (including phenoxy) is 2. The second kappa shape index (κ2) is 10.3. The summed E-state index contributed by atoms with van der Waals surface area (Å²) in [6, 6.07) is 7.14. The van der Waals surface area contributed by atoms with E-state index in [0.29, 0.717) is 36.6 Å². The van der Waals surface area contributed by atoms with E-state index in [2.05, 4.69) is 10.6 Å². The molecule has 1 heterocycles. The zero-order valence-electron chi connectivity index (χ0n) is 15.6. The normalized spacial score (nSPS) is 13.2. The molecule has 8 heteroatoms. The molecule has 1 aliphatic rings. The molecule has 0 atom stereocenters. The predicted molar refractivity (Wildman–Crippen MR) is 101 cm³/mol. The summed E-state index contributed by atoms with van der Waals surface area (Å²) in [6.45, 7) is 2.90. The number of esters is 1. The van der Waals surface area contributed by atoms with Crippen LogP contribution < -0.4 is 15.5 Å². The second-order valence-electron chi connectivity index (χ2n) is 5.91. The van der Waals surface area contributed by atoms with Gasteiger partial charge in [-0.1, -0.05) is 12.1 Å². The fourth-order valence-electron chi connectivity index (χ4n) is 2.64. The highest BCUT2D eigenvalue weighted by atomic mass is 16.5. The monoisotopic (exact) mass is 375 g/mol. The quantitative estimate of drug-likeness (QED) is 0.501. The highest BCUT2D eigenvalue weighted by Gasteiger charge is 2.24. The first-order valence-electron chi connectivity index (χ1n) is 8.84. The smallest absolute Gasteiger partial charge is 0.311 e. The van der Waals surface area contributed by atoms with E-state index in [1.54, 1.807) is 32.2 Å². The number of methoxy groups -OCH3 is 1. The molecule has 2 N–H and O–H groups in total. The molecule has 2 rings (SSSR count). The van der Waals surface area contributed by atoms with Crippen LogP contribution in [-0.4, -0.2) is 51.2 Å². The van der Waals surface area contributed by atoms with E-state index in [9.17, 15) is 14.4 Å². The summed E-state index contributed by atoms with van der Waals surface area (Å²) in [5.41, 5.74) is 1.64. The number of nitrogens with zero attached hydrogens (tertiary/aromatic N) is 1. The third-order valence-electron chi connectivity index (χ3n) is 3.84. The molecule has 27 heavy (non-hydrogen) atoms. The molecule has 146 valence electrons. The van der Waals surface area contributed by atoms with Gasteiger partial charge in [-0.15, -0.1) is 0 Å². The zero-order chi connectivity index (χ0) is 19.6. The van der Waals surface area contributed by atoms with Gasteiger partial charge in [0.15, 0.2) is 0 Å².